The number of ketones is 1. The van der Waals surface area contributed by atoms with Crippen LogP contribution in [-0.2, 0) is 32.7 Å². The summed E-state index contributed by atoms with van der Waals surface area (Å²) in [5.41, 5.74) is -3.59. The zero-order chi connectivity index (χ0) is 25.9. The van der Waals surface area contributed by atoms with Crippen LogP contribution in [-0.4, -0.2) is 74.4 Å². The third-order valence-corrected chi connectivity index (χ3v) is 9.91. The highest BCUT2D eigenvalue weighted by molar-refractivity contribution is 6.70. The molecule has 34 heavy (non-hydrogen) atoms. The maximum Gasteiger partial charge on any atom is 0.341 e. The number of aliphatic hydroxyl groups excluding tert-OH is 1. The molecule has 0 amide bonds. The summed E-state index contributed by atoms with van der Waals surface area (Å²) in [5.74, 6) is -3.43. The first-order chi connectivity index (χ1) is 15.2. The smallest absolute Gasteiger partial charge is 0.341 e. The Morgan fingerprint density at radius 2 is 1.53 bits per heavy atom. The van der Waals surface area contributed by atoms with Crippen molar-refractivity contribution < 1.29 is 37.8 Å². The molecule has 2 saturated carbocycles. The van der Waals surface area contributed by atoms with E-state index < -0.39 is 81.3 Å². The fraction of sp³-hybridized carbons (Fsp3) is 0.917. The number of esters is 1. The third-order valence-electron chi connectivity index (χ3n) is 7.88. The molecule has 0 unspecified atom stereocenters. The summed E-state index contributed by atoms with van der Waals surface area (Å²) >= 11 is 0. The van der Waals surface area contributed by atoms with Crippen LogP contribution in [0, 0.1) is 17.8 Å². The molecule has 0 radical (unpaired) electrons. The second-order valence-corrected chi connectivity index (χ2v) is 22.3. The van der Waals surface area contributed by atoms with Crippen LogP contribution in [0.15, 0.2) is 0 Å². The molecule has 10 heteroatoms. The van der Waals surface area contributed by atoms with Gasteiger partial charge in [0.05, 0.1) is 11.7 Å². The van der Waals surface area contributed by atoms with Gasteiger partial charge < -0.3 is 28.2 Å². The van der Waals surface area contributed by atoms with Crippen LogP contribution in [0.3, 0.4) is 0 Å². The van der Waals surface area contributed by atoms with Crippen molar-refractivity contribution in [2.45, 2.75) is 121 Å². The number of carbonyl (C=O) groups is 2. The van der Waals surface area contributed by atoms with Gasteiger partial charge in [-0.25, -0.2) is 4.79 Å². The summed E-state index contributed by atoms with van der Waals surface area (Å²) in [4.78, 5) is 26.8. The Hall–Kier alpha value is -0.626. The molecule has 9 atom stereocenters. The van der Waals surface area contributed by atoms with Crippen molar-refractivity contribution in [3.05, 3.63) is 0 Å². The zero-order valence-electron chi connectivity index (χ0n) is 22.5. The molecule has 0 spiro atoms. The van der Waals surface area contributed by atoms with E-state index in [1.807, 2.05) is 13.8 Å². The fourth-order valence-electron chi connectivity index (χ4n) is 7.25. The average Bonchev–Trinajstić information content (AvgIpc) is 2.91. The average molecular weight is 515 g/mol. The molecule has 1 N–H and O–H groups in total. The molecular formula is C24H42O8Si2. The van der Waals surface area contributed by atoms with Gasteiger partial charge >= 0.3 is 5.97 Å². The van der Waals surface area contributed by atoms with Gasteiger partial charge in [0.2, 0.25) is 0 Å². The molecule has 4 aliphatic rings. The number of Topliss-reactive ketones (excluding diaryl/α,β-unsaturated/α-hetero) is 1. The predicted octanol–water partition coefficient (Wildman–Crippen LogP) is 3.24. The van der Waals surface area contributed by atoms with Gasteiger partial charge in [0.1, 0.15) is 12.2 Å². The predicted molar refractivity (Wildman–Crippen MR) is 130 cm³/mol. The number of hydrogen-bond donors (Lipinski definition) is 1. The highest BCUT2D eigenvalue weighted by Gasteiger charge is 2.81. The lowest BCUT2D eigenvalue weighted by Crippen LogP contribution is -2.75. The van der Waals surface area contributed by atoms with Crippen LogP contribution in [0.5, 0.6) is 0 Å². The van der Waals surface area contributed by atoms with E-state index in [0.717, 1.165) is 0 Å². The maximum atomic E-state index is 13.6. The van der Waals surface area contributed by atoms with Crippen LogP contribution in [0.1, 0.15) is 41.0 Å². The Kier molecular flexibility index (Phi) is 5.80. The van der Waals surface area contributed by atoms with E-state index in [0.29, 0.717) is 6.42 Å². The van der Waals surface area contributed by atoms with Crippen LogP contribution >= 0.6 is 0 Å². The van der Waals surface area contributed by atoms with Gasteiger partial charge in [0.15, 0.2) is 39.4 Å². The molecule has 4 rings (SSSR count). The van der Waals surface area contributed by atoms with Crippen molar-refractivity contribution in [3.63, 3.8) is 0 Å². The van der Waals surface area contributed by atoms with Gasteiger partial charge in [-0.1, -0.05) is 6.92 Å². The molecular weight excluding hydrogens is 472 g/mol. The van der Waals surface area contributed by atoms with Crippen LogP contribution in [0.2, 0.25) is 39.3 Å². The van der Waals surface area contributed by atoms with Crippen LogP contribution < -0.4 is 0 Å². The number of ether oxygens (including phenoxy) is 3. The first-order valence-corrected chi connectivity index (χ1v) is 19.2. The van der Waals surface area contributed by atoms with Gasteiger partial charge in [-0.05, 0) is 67.0 Å². The van der Waals surface area contributed by atoms with Gasteiger partial charge in [-0.2, -0.15) is 0 Å². The van der Waals surface area contributed by atoms with E-state index >= 15 is 0 Å². The lowest BCUT2D eigenvalue weighted by Gasteiger charge is -2.57. The number of carbonyl (C=O) groups excluding carboxylic acids is 2. The number of rotatable bonds is 4. The molecule has 0 bridgehead atoms. The number of hydrogen-bond acceptors (Lipinski definition) is 8. The lowest BCUT2D eigenvalue weighted by molar-refractivity contribution is -0.379. The minimum absolute atomic E-state index is 0.246. The summed E-state index contributed by atoms with van der Waals surface area (Å²) in [5, 5.41) is 11.3. The SMILES string of the molecule is C[C@H]1C(=O)[C@@H](O)[C@H]2[C@@H]1[C@@H]1OC(=O)[C@@]3(C)OC(C)(C)O[C@@H](C[C@]2(C)O[Si](C)(C)C)[C@@]13O[Si](C)(C)C. The summed E-state index contributed by atoms with van der Waals surface area (Å²) in [6.45, 7) is 21.6. The second-order valence-electron chi connectivity index (χ2n) is 13.4. The van der Waals surface area contributed by atoms with Crippen molar-refractivity contribution in [2.24, 2.45) is 17.8 Å². The monoisotopic (exact) mass is 514 g/mol. The summed E-state index contributed by atoms with van der Waals surface area (Å²) in [6.07, 6.45) is -2.29. The van der Waals surface area contributed by atoms with E-state index in [-0.39, 0.29) is 5.78 Å². The first-order valence-electron chi connectivity index (χ1n) is 12.4. The normalized spacial score (nSPS) is 48.2. The van der Waals surface area contributed by atoms with Crippen LogP contribution in [0.4, 0.5) is 0 Å². The summed E-state index contributed by atoms with van der Waals surface area (Å²) in [7, 11) is -4.45. The second kappa shape index (κ2) is 7.46. The highest BCUT2D eigenvalue weighted by atomic mass is 28.4. The Balaban J connectivity index is 2.01. The minimum atomic E-state index is -2.32. The van der Waals surface area contributed by atoms with E-state index in [4.69, 9.17) is 23.1 Å². The Labute approximate surface area is 205 Å². The molecule has 2 saturated heterocycles. The van der Waals surface area contributed by atoms with Crippen molar-refractivity contribution in [1.82, 2.24) is 0 Å². The molecule has 8 nitrogen and oxygen atoms in total. The molecule has 0 aromatic carbocycles. The first kappa shape index (κ1) is 26.4. The van der Waals surface area contributed by atoms with Gasteiger partial charge in [-0.3, -0.25) is 4.79 Å². The van der Waals surface area contributed by atoms with Crippen molar-refractivity contribution in [2.75, 3.05) is 0 Å². The van der Waals surface area contributed by atoms with Crippen molar-refractivity contribution in [1.29, 1.82) is 0 Å². The zero-order valence-corrected chi connectivity index (χ0v) is 24.5. The van der Waals surface area contributed by atoms with Gasteiger partial charge in [-0.15, -0.1) is 0 Å². The quantitative estimate of drug-likeness (QED) is 0.451. The Bertz CT molecular complexity index is 894. The van der Waals surface area contributed by atoms with Crippen LogP contribution in [0.25, 0.3) is 0 Å². The third kappa shape index (κ3) is 3.71. The van der Waals surface area contributed by atoms with E-state index in [9.17, 15) is 14.7 Å². The Morgan fingerprint density at radius 1 is 0.971 bits per heavy atom. The number of fused-ring (bicyclic) bond motifs is 2. The van der Waals surface area contributed by atoms with Gasteiger partial charge in [0.25, 0.3) is 0 Å². The molecule has 2 heterocycles. The highest BCUT2D eigenvalue weighted by Crippen LogP contribution is 2.63. The van der Waals surface area contributed by atoms with E-state index in [2.05, 4.69) is 39.3 Å². The van der Waals surface area contributed by atoms with Gasteiger partial charge in [0, 0.05) is 24.2 Å². The standard InChI is InChI=1S/C24H42O8Si2/c1-13-15-16(18(26)17(13)25)22(4,31-33(6,7)8)12-14-24(32-34(9,10)11)19(15)28-20(27)23(24,5)30-21(2,3)29-14/h13-16,18-19,26H,12H2,1-11H3/t13-,14+,15-,16-,18+,19+,22+,23-,24-/m1/s1. The molecule has 0 aromatic rings. The molecule has 194 valence electrons. The summed E-state index contributed by atoms with van der Waals surface area (Å²) in [6, 6.07) is 0. The number of aliphatic hydroxyl groups is 1. The minimum Gasteiger partial charge on any atom is -0.457 e. The molecule has 2 aliphatic carbocycles. The molecule has 0 aromatic heterocycles. The fourth-order valence-corrected chi connectivity index (χ4v) is 10.3. The lowest BCUT2D eigenvalue weighted by atomic mass is 9.71. The molecule has 2 aliphatic heterocycles. The summed E-state index contributed by atoms with van der Waals surface area (Å²) < 4.78 is 32.9. The van der Waals surface area contributed by atoms with Crippen molar-refractivity contribution >= 4 is 28.4 Å². The van der Waals surface area contributed by atoms with E-state index in [1.165, 1.54) is 0 Å². The van der Waals surface area contributed by atoms with E-state index in [1.54, 1.807) is 20.8 Å². The largest absolute Gasteiger partial charge is 0.457 e. The maximum absolute atomic E-state index is 13.6. The Morgan fingerprint density at radius 3 is 2.06 bits per heavy atom. The molecule has 4 fully saturated rings. The van der Waals surface area contributed by atoms with Crippen molar-refractivity contribution in [3.8, 4) is 0 Å². The topological polar surface area (TPSA) is 101 Å².